The van der Waals surface area contributed by atoms with E-state index in [1.165, 1.54) is 31.4 Å². The predicted molar refractivity (Wildman–Crippen MR) is 94.4 cm³/mol. The van der Waals surface area contributed by atoms with Crippen LogP contribution in [0.1, 0.15) is 17.3 Å². The van der Waals surface area contributed by atoms with Gasteiger partial charge in [-0.3, -0.25) is 4.79 Å². The first-order chi connectivity index (χ1) is 13.0. The molecule has 0 spiro atoms. The number of benzene rings is 2. The van der Waals surface area contributed by atoms with Crippen LogP contribution < -0.4 is 15.6 Å². The van der Waals surface area contributed by atoms with Crippen molar-refractivity contribution in [1.29, 1.82) is 0 Å². The summed E-state index contributed by atoms with van der Waals surface area (Å²) in [6.07, 6.45) is 0. The minimum atomic E-state index is -0.689. The Labute approximate surface area is 153 Å². The van der Waals surface area contributed by atoms with Gasteiger partial charge in [-0.05, 0) is 29.4 Å². The third kappa shape index (κ3) is 3.95. The van der Waals surface area contributed by atoms with Crippen LogP contribution in [-0.4, -0.2) is 19.0 Å². The number of ether oxygens (including phenoxy) is 1. The molecule has 1 heterocycles. The van der Waals surface area contributed by atoms with E-state index in [2.05, 4.69) is 15.3 Å². The summed E-state index contributed by atoms with van der Waals surface area (Å²) < 4.78 is 24.7. The smallest absolute Gasteiger partial charge is 0.332 e. The van der Waals surface area contributed by atoms with Crippen molar-refractivity contribution in [1.82, 2.24) is 0 Å². The van der Waals surface area contributed by atoms with Crippen molar-refractivity contribution in [3.8, 4) is 5.75 Å². The molecule has 0 atom stereocenters. The molecule has 0 saturated carbocycles. The summed E-state index contributed by atoms with van der Waals surface area (Å²) in [7, 11) is 1.46. The van der Waals surface area contributed by atoms with Crippen LogP contribution >= 0.6 is 0 Å². The van der Waals surface area contributed by atoms with Crippen LogP contribution in [0.2, 0.25) is 0 Å². The van der Waals surface area contributed by atoms with Crippen molar-refractivity contribution in [3.05, 3.63) is 65.5 Å². The molecule has 0 radical (unpaired) electrons. The highest BCUT2D eigenvalue weighted by Crippen LogP contribution is 2.25. The van der Waals surface area contributed by atoms with Gasteiger partial charge in [-0.1, -0.05) is 24.3 Å². The number of anilines is 1. The first-order valence-corrected chi connectivity index (χ1v) is 7.88. The number of para-hydroxylation sites is 2. The molecule has 27 heavy (non-hydrogen) atoms. The maximum atomic E-state index is 13.8. The second-order valence-corrected chi connectivity index (χ2v) is 5.45. The molecular weight excluding hydrogens is 355 g/mol. The lowest BCUT2D eigenvalue weighted by molar-refractivity contribution is -0.141. The highest BCUT2D eigenvalue weighted by atomic mass is 19.1. The molecule has 1 amide bonds. The van der Waals surface area contributed by atoms with Crippen LogP contribution in [0.4, 0.5) is 10.1 Å². The number of hydrogen-bond acceptors (Lipinski definition) is 6. The first kappa shape index (κ1) is 18.1. The van der Waals surface area contributed by atoms with Crippen LogP contribution in [0.3, 0.4) is 0 Å². The molecule has 7 nitrogen and oxygen atoms in total. The summed E-state index contributed by atoms with van der Waals surface area (Å²) in [6.45, 7) is 1.16. The van der Waals surface area contributed by atoms with E-state index in [4.69, 9.17) is 9.15 Å². The van der Waals surface area contributed by atoms with E-state index >= 15 is 0 Å². The van der Waals surface area contributed by atoms with Gasteiger partial charge < -0.3 is 19.3 Å². The molecule has 0 saturated heterocycles. The Hall–Kier alpha value is -3.68. The normalized spacial score (nSPS) is 11.3. The minimum absolute atomic E-state index is 0.00771. The molecule has 0 aliphatic carbocycles. The minimum Gasteiger partial charge on any atom is -0.493 e. The Morgan fingerprint density at radius 1 is 1.15 bits per heavy atom. The zero-order valence-corrected chi connectivity index (χ0v) is 14.5. The maximum absolute atomic E-state index is 13.8. The Morgan fingerprint density at radius 2 is 1.93 bits per heavy atom. The van der Waals surface area contributed by atoms with Crippen LogP contribution in [-0.2, 0) is 9.63 Å². The van der Waals surface area contributed by atoms with E-state index in [0.29, 0.717) is 16.7 Å². The molecule has 8 heteroatoms. The molecule has 0 bridgehead atoms. The third-order valence-corrected chi connectivity index (χ3v) is 3.58. The molecule has 0 aliphatic rings. The van der Waals surface area contributed by atoms with Crippen molar-refractivity contribution in [3.63, 3.8) is 0 Å². The lowest BCUT2D eigenvalue weighted by atomic mass is 10.1. The molecule has 1 N–H and O–H groups in total. The average molecular weight is 370 g/mol. The van der Waals surface area contributed by atoms with Gasteiger partial charge >= 0.3 is 5.97 Å². The number of fused-ring (bicyclic) bond motifs is 1. The number of nitrogens with zero attached hydrogens (tertiary/aromatic N) is 1. The molecular formula is C19H15FN2O5. The second-order valence-electron chi connectivity index (χ2n) is 5.45. The number of nitrogens with one attached hydrogen (secondary N) is 1. The molecule has 3 rings (SSSR count). The molecule has 2 aromatic carbocycles. The maximum Gasteiger partial charge on any atom is 0.332 e. The summed E-state index contributed by atoms with van der Waals surface area (Å²) in [5, 5.41) is 6.58. The van der Waals surface area contributed by atoms with E-state index in [1.54, 1.807) is 24.3 Å². The van der Waals surface area contributed by atoms with Crippen molar-refractivity contribution in [2.75, 3.05) is 12.4 Å². The monoisotopic (exact) mass is 370 g/mol. The molecule has 0 aliphatic heterocycles. The van der Waals surface area contributed by atoms with E-state index < -0.39 is 17.7 Å². The van der Waals surface area contributed by atoms with Crippen molar-refractivity contribution in [2.24, 2.45) is 5.16 Å². The number of carbonyl (C=O) groups excluding carboxylic acids is 2. The molecule has 138 valence electrons. The average Bonchev–Trinajstić information content (AvgIpc) is 2.66. The molecule has 3 aromatic rings. The fourth-order valence-corrected chi connectivity index (χ4v) is 2.37. The number of carbonyl (C=O) groups is 2. The highest BCUT2D eigenvalue weighted by molar-refractivity contribution is 6.05. The van der Waals surface area contributed by atoms with Gasteiger partial charge in [-0.25, -0.2) is 9.18 Å². The second kappa shape index (κ2) is 7.69. The van der Waals surface area contributed by atoms with E-state index in [0.717, 1.165) is 6.92 Å². The summed E-state index contributed by atoms with van der Waals surface area (Å²) in [6, 6.07) is 12.3. The Morgan fingerprint density at radius 3 is 2.63 bits per heavy atom. The van der Waals surface area contributed by atoms with Gasteiger partial charge in [-0.15, -0.1) is 0 Å². The Balaban J connectivity index is 2.13. The number of methoxy groups -OCH3 is 1. The topological polar surface area (TPSA) is 90.1 Å². The van der Waals surface area contributed by atoms with E-state index in [-0.39, 0.29) is 16.8 Å². The van der Waals surface area contributed by atoms with Crippen LogP contribution in [0.5, 0.6) is 5.75 Å². The number of hydrogen-bond donors (Lipinski definition) is 1. The van der Waals surface area contributed by atoms with E-state index in [9.17, 15) is 14.0 Å². The lowest BCUT2D eigenvalue weighted by Crippen LogP contribution is -2.22. The number of halogens is 1. The van der Waals surface area contributed by atoms with Crippen molar-refractivity contribution < 1.29 is 28.0 Å². The first-order valence-electron chi connectivity index (χ1n) is 7.88. The Bertz CT molecular complexity index is 1090. The number of amides is 1. The standard InChI is InChI=1S/C19H15FN2O5/c1-11(23)27-22-19-13(18(24)21-15-8-4-3-7-14(15)20)10-12-6-5-9-16(25-2)17(12)26-19/h3-10H,1-2H3,(H,21,24)/b22-19+. The molecule has 0 fully saturated rings. The van der Waals surface area contributed by atoms with Gasteiger partial charge in [0, 0.05) is 12.3 Å². The lowest BCUT2D eigenvalue weighted by Gasteiger charge is -2.09. The van der Waals surface area contributed by atoms with Gasteiger partial charge in [-0.2, -0.15) is 0 Å². The molecule has 1 aromatic heterocycles. The number of rotatable bonds is 4. The fourth-order valence-electron chi connectivity index (χ4n) is 2.37. The third-order valence-electron chi connectivity index (χ3n) is 3.58. The highest BCUT2D eigenvalue weighted by Gasteiger charge is 2.16. The summed E-state index contributed by atoms with van der Waals surface area (Å²) >= 11 is 0. The van der Waals surface area contributed by atoms with Gasteiger partial charge in [0.2, 0.25) is 0 Å². The summed E-state index contributed by atoms with van der Waals surface area (Å²) in [5.74, 6) is -1.55. The van der Waals surface area contributed by atoms with Crippen molar-refractivity contribution in [2.45, 2.75) is 6.92 Å². The SMILES string of the molecule is COc1cccc2cc(C(=O)Nc3ccccc3F)/c(=N\OC(C)=O)oc12. The largest absolute Gasteiger partial charge is 0.493 e. The van der Waals surface area contributed by atoms with Crippen LogP contribution in [0, 0.1) is 5.82 Å². The predicted octanol–water partition coefficient (Wildman–Crippen LogP) is 3.21. The quantitative estimate of drug-likeness (QED) is 0.563. The van der Waals surface area contributed by atoms with Gasteiger partial charge in [0.05, 0.1) is 12.8 Å². The van der Waals surface area contributed by atoms with Crippen LogP contribution in [0.15, 0.2) is 58.1 Å². The summed E-state index contributed by atoms with van der Waals surface area (Å²) in [4.78, 5) is 28.4. The zero-order chi connectivity index (χ0) is 19.4. The van der Waals surface area contributed by atoms with Crippen molar-refractivity contribution >= 4 is 28.5 Å². The molecule has 0 unspecified atom stereocenters. The zero-order valence-electron chi connectivity index (χ0n) is 14.5. The van der Waals surface area contributed by atoms with Crippen LogP contribution in [0.25, 0.3) is 11.0 Å². The van der Waals surface area contributed by atoms with Gasteiger partial charge in [0.1, 0.15) is 11.4 Å². The Kier molecular flexibility index (Phi) is 5.16. The van der Waals surface area contributed by atoms with Gasteiger partial charge in [0.25, 0.3) is 11.5 Å². The fraction of sp³-hybridized carbons (Fsp3) is 0.105. The van der Waals surface area contributed by atoms with E-state index in [1.807, 2.05) is 0 Å². The summed E-state index contributed by atoms with van der Waals surface area (Å²) in [5.41, 5.74) is 0.0105. The van der Waals surface area contributed by atoms with Gasteiger partial charge in [0.15, 0.2) is 11.3 Å².